The first-order valence-electron chi connectivity index (χ1n) is 6.62. The fraction of sp³-hybridized carbons (Fsp3) is 0.429. The van der Waals surface area contributed by atoms with Crippen molar-refractivity contribution in [1.29, 1.82) is 0 Å². The Morgan fingerprint density at radius 2 is 1.85 bits per heavy atom. The van der Waals surface area contributed by atoms with E-state index in [4.69, 9.17) is 21.3 Å². The number of aliphatic imine (C=N–C) groups is 1. The molecule has 1 aromatic carbocycles. The Balaban J connectivity index is 2.19. The summed E-state index contributed by atoms with van der Waals surface area (Å²) in [6.45, 7) is 1.15. The number of nitrogens with two attached hydrogens (primary N) is 2. The number of aromatic carboxylic acids is 1. The molecule has 0 bridgehead atoms. The number of nitrogens with zero attached hydrogens (tertiary/aromatic N) is 1. The van der Waals surface area contributed by atoms with E-state index in [0.29, 0.717) is 18.9 Å². The van der Waals surface area contributed by atoms with Gasteiger partial charge < -0.3 is 21.3 Å². The monoisotopic (exact) mass is 279 g/mol. The van der Waals surface area contributed by atoms with Gasteiger partial charge in [-0.1, -0.05) is 18.6 Å². The van der Waals surface area contributed by atoms with Gasteiger partial charge in [0, 0.05) is 6.54 Å². The van der Waals surface area contributed by atoms with Gasteiger partial charge in [-0.05, 0) is 31.4 Å². The molecule has 0 aliphatic heterocycles. The quantitative estimate of drug-likeness (QED) is 0.361. The average Bonchev–Trinajstić information content (AvgIpc) is 2.41. The van der Waals surface area contributed by atoms with Crippen molar-refractivity contribution in [2.45, 2.75) is 25.7 Å². The van der Waals surface area contributed by atoms with E-state index in [0.717, 1.165) is 25.7 Å². The number of carboxylic acid groups (broad SMARTS) is 1. The molecule has 0 aliphatic rings. The maximum Gasteiger partial charge on any atom is 0.339 e. The lowest BCUT2D eigenvalue weighted by Gasteiger charge is -2.08. The van der Waals surface area contributed by atoms with Crippen molar-refractivity contribution in [3.8, 4) is 5.75 Å². The molecular weight excluding hydrogens is 258 g/mol. The third kappa shape index (κ3) is 6.08. The zero-order valence-corrected chi connectivity index (χ0v) is 11.4. The van der Waals surface area contributed by atoms with Crippen LogP contribution in [0, 0.1) is 0 Å². The Morgan fingerprint density at radius 1 is 1.15 bits per heavy atom. The van der Waals surface area contributed by atoms with E-state index >= 15 is 0 Å². The van der Waals surface area contributed by atoms with E-state index in [-0.39, 0.29) is 11.5 Å². The summed E-state index contributed by atoms with van der Waals surface area (Å²) in [6, 6.07) is 6.64. The molecule has 0 aromatic heterocycles. The number of rotatable bonds is 9. The lowest BCUT2D eigenvalue weighted by molar-refractivity contribution is 0.0692. The maximum absolute atomic E-state index is 11.0. The van der Waals surface area contributed by atoms with Gasteiger partial charge in [0.15, 0.2) is 5.96 Å². The van der Waals surface area contributed by atoms with E-state index < -0.39 is 5.97 Å². The highest BCUT2D eigenvalue weighted by Gasteiger charge is 2.09. The fourth-order valence-electron chi connectivity index (χ4n) is 1.73. The van der Waals surface area contributed by atoms with Crippen LogP contribution in [0.25, 0.3) is 0 Å². The second-order valence-corrected chi connectivity index (χ2v) is 4.37. The van der Waals surface area contributed by atoms with Crippen molar-refractivity contribution < 1.29 is 14.6 Å². The Morgan fingerprint density at radius 3 is 2.55 bits per heavy atom. The third-order valence-corrected chi connectivity index (χ3v) is 2.72. The lowest BCUT2D eigenvalue weighted by atomic mass is 10.2. The molecule has 0 fully saturated rings. The van der Waals surface area contributed by atoms with Crippen LogP contribution in [0.2, 0.25) is 0 Å². The normalized spacial score (nSPS) is 10.0. The number of guanidine groups is 1. The van der Waals surface area contributed by atoms with Crippen LogP contribution in [-0.4, -0.2) is 30.2 Å². The molecule has 0 heterocycles. The van der Waals surface area contributed by atoms with E-state index in [1.165, 1.54) is 6.07 Å². The van der Waals surface area contributed by atoms with Crippen molar-refractivity contribution in [3.05, 3.63) is 29.8 Å². The molecule has 1 rings (SSSR count). The Bertz CT molecular complexity index is 457. The topological polar surface area (TPSA) is 111 Å². The molecule has 0 amide bonds. The predicted molar refractivity (Wildman–Crippen MR) is 78.0 cm³/mol. The van der Waals surface area contributed by atoms with E-state index in [9.17, 15) is 4.79 Å². The third-order valence-electron chi connectivity index (χ3n) is 2.72. The molecule has 0 aliphatic carbocycles. The van der Waals surface area contributed by atoms with Gasteiger partial charge >= 0.3 is 5.97 Å². The number of hydrogen-bond donors (Lipinski definition) is 3. The number of para-hydroxylation sites is 1. The zero-order valence-electron chi connectivity index (χ0n) is 11.4. The minimum absolute atomic E-state index is 0.124. The van der Waals surface area contributed by atoms with Crippen LogP contribution in [0.1, 0.15) is 36.0 Å². The number of hydrogen-bond acceptors (Lipinski definition) is 3. The highest BCUT2D eigenvalue weighted by molar-refractivity contribution is 5.90. The summed E-state index contributed by atoms with van der Waals surface area (Å²) >= 11 is 0. The summed E-state index contributed by atoms with van der Waals surface area (Å²) in [5.41, 5.74) is 10.6. The van der Waals surface area contributed by atoms with Crippen molar-refractivity contribution in [3.63, 3.8) is 0 Å². The van der Waals surface area contributed by atoms with Gasteiger partial charge in [0.2, 0.25) is 0 Å². The lowest BCUT2D eigenvalue weighted by Crippen LogP contribution is -2.22. The van der Waals surface area contributed by atoms with Crippen LogP contribution in [0.4, 0.5) is 0 Å². The van der Waals surface area contributed by atoms with Crippen LogP contribution in [0.3, 0.4) is 0 Å². The van der Waals surface area contributed by atoms with Gasteiger partial charge in [0.1, 0.15) is 11.3 Å². The van der Waals surface area contributed by atoms with Gasteiger partial charge in [0.25, 0.3) is 0 Å². The molecule has 0 saturated carbocycles. The summed E-state index contributed by atoms with van der Waals surface area (Å²) < 4.78 is 5.49. The number of carboxylic acids is 1. The first-order chi connectivity index (χ1) is 9.61. The second-order valence-electron chi connectivity index (χ2n) is 4.37. The standard InChI is InChI=1S/C14H21N3O3/c15-14(16)17-9-5-1-2-6-10-20-12-8-4-3-7-11(12)13(18)19/h3-4,7-8H,1-2,5-6,9-10H2,(H,18,19)(H4,15,16,17). The molecule has 1 aromatic rings. The highest BCUT2D eigenvalue weighted by atomic mass is 16.5. The molecule has 6 heteroatoms. The molecule has 0 atom stereocenters. The molecule has 110 valence electrons. The highest BCUT2D eigenvalue weighted by Crippen LogP contribution is 2.18. The predicted octanol–water partition coefficient (Wildman–Crippen LogP) is 1.60. The van der Waals surface area contributed by atoms with E-state index in [1.807, 2.05) is 0 Å². The summed E-state index contributed by atoms with van der Waals surface area (Å²) in [5.74, 6) is -0.433. The maximum atomic E-state index is 11.0. The van der Waals surface area contributed by atoms with Crippen LogP contribution in [-0.2, 0) is 0 Å². The van der Waals surface area contributed by atoms with Crippen LogP contribution >= 0.6 is 0 Å². The average molecular weight is 279 g/mol. The van der Waals surface area contributed by atoms with Gasteiger partial charge in [-0.15, -0.1) is 0 Å². The fourth-order valence-corrected chi connectivity index (χ4v) is 1.73. The Hall–Kier alpha value is -2.24. The molecular formula is C14H21N3O3. The molecule has 20 heavy (non-hydrogen) atoms. The zero-order chi connectivity index (χ0) is 14.8. The summed E-state index contributed by atoms with van der Waals surface area (Å²) in [7, 11) is 0. The van der Waals surface area contributed by atoms with Crippen LogP contribution < -0.4 is 16.2 Å². The second kappa shape index (κ2) is 8.79. The first-order valence-corrected chi connectivity index (χ1v) is 6.62. The van der Waals surface area contributed by atoms with Crippen LogP contribution in [0.5, 0.6) is 5.75 Å². The van der Waals surface area contributed by atoms with E-state index in [1.54, 1.807) is 18.2 Å². The van der Waals surface area contributed by atoms with Crippen molar-refractivity contribution >= 4 is 11.9 Å². The SMILES string of the molecule is NC(N)=NCCCCCCOc1ccccc1C(=O)O. The van der Waals surface area contributed by atoms with Gasteiger partial charge in [-0.3, -0.25) is 4.99 Å². The van der Waals surface area contributed by atoms with Gasteiger partial charge in [-0.2, -0.15) is 0 Å². The summed E-state index contributed by atoms with van der Waals surface area (Å²) in [4.78, 5) is 14.9. The van der Waals surface area contributed by atoms with Crippen molar-refractivity contribution in [1.82, 2.24) is 0 Å². The minimum Gasteiger partial charge on any atom is -0.493 e. The van der Waals surface area contributed by atoms with Gasteiger partial charge in [0.05, 0.1) is 6.61 Å². The Labute approximate surface area is 118 Å². The van der Waals surface area contributed by atoms with Gasteiger partial charge in [-0.25, -0.2) is 4.79 Å². The molecule has 0 spiro atoms. The molecule has 6 nitrogen and oxygen atoms in total. The van der Waals surface area contributed by atoms with Crippen molar-refractivity contribution in [2.75, 3.05) is 13.2 Å². The number of carbonyl (C=O) groups is 1. The van der Waals surface area contributed by atoms with Crippen molar-refractivity contribution in [2.24, 2.45) is 16.5 Å². The van der Waals surface area contributed by atoms with E-state index in [2.05, 4.69) is 4.99 Å². The molecule has 0 unspecified atom stereocenters. The summed E-state index contributed by atoms with van der Waals surface area (Å²) in [6.07, 6.45) is 3.81. The summed E-state index contributed by atoms with van der Waals surface area (Å²) in [5, 5.41) is 9.00. The molecule has 0 radical (unpaired) electrons. The number of benzene rings is 1. The molecule has 5 N–H and O–H groups in total. The minimum atomic E-state index is -0.974. The number of unbranched alkanes of at least 4 members (excludes halogenated alkanes) is 3. The largest absolute Gasteiger partial charge is 0.493 e. The first kappa shape index (κ1) is 15.8. The van der Waals surface area contributed by atoms with Crippen LogP contribution in [0.15, 0.2) is 29.3 Å². The number of ether oxygens (including phenoxy) is 1. The molecule has 0 saturated heterocycles. The Kier molecular flexibility index (Phi) is 6.95. The smallest absolute Gasteiger partial charge is 0.339 e.